The number of aromatic hydroxyl groups is 2. The lowest BCUT2D eigenvalue weighted by molar-refractivity contribution is 0.402. The van der Waals surface area contributed by atoms with E-state index in [0.29, 0.717) is 16.4 Å². The molecule has 3 N–H and O–H groups in total. The van der Waals surface area contributed by atoms with E-state index in [9.17, 15) is 10.2 Å². The predicted molar refractivity (Wildman–Crippen MR) is 59.1 cm³/mol. The van der Waals surface area contributed by atoms with Gasteiger partial charge in [-0.3, -0.25) is 9.98 Å². The molecule has 2 heterocycles. The first-order valence-electron chi connectivity index (χ1n) is 4.91. The van der Waals surface area contributed by atoms with Crippen LogP contribution in [0.3, 0.4) is 0 Å². The fourth-order valence-corrected chi connectivity index (χ4v) is 1.77. The summed E-state index contributed by atoms with van der Waals surface area (Å²) in [7, 11) is 0. The molecule has 0 saturated heterocycles. The number of guanidine groups is 1. The number of benzene rings is 1. The van der Waals surface area contributed by atoms with Crippen LogP contribution in [0.1, 0.15) is 0 Å². The molecule has 0 amide bonds. The van der Waals surface area contributed by atoms with E-state index in [2.05, 4.69) is 9.98 Å². The lowest BCUT2D eigenvalue weighted by Gasteiger charge is -2.05. The topological polar surface area (TPSA) is 94.0 Å². The minimum atomic E-state index is -0.0625. The Kier molecular flexibility index (Phi) is 1.79. The molecule has 0 unspecified atom stereocenters. The van der Waals surface area contributed by atoms with Gasteiger partial charge in [0.05, 0.1) is 16.4 Å². The van der Waals surface area contributed by atoms with Crippen molar-refractivity contribution in [3.05, 3.63) is 41.0 Å². The number of nitrogens with zero attached hydrogens (tertiary/aromatic N) is 3. The van der Waals surface area contributed by atoms with Crippen molar-refractivity contribution in [1.82, 2.24) is 4.57 Å². The molecule has 6 heteroatoms. The van der Waals surface area contributed by atoms with Gasteiger partial charge in [0.25, 0.3) is 0 Å². The van der Waals surface area contributed by atoms with Crippen molar-refractivity contribution in [1.29, 1.82) is 5.41 Å². The van der Waals surface area contributed by atoms with E-state index in [1.807, 2.05) is 0 Å². The molecule has 1 aromatic heterocycles. The van der Waals surface area contributed by atoms with E-state index in [1.54, 1.807) is 18.2 Å². The molecule has 0 saturated carbocycles. The molecule has 0 bridgehead atoms. The lowest BCUT2D eigenvalue weighted by Crippen LogP contribution is -2.21. The fourth-order valence-electron chi connectivity index (χ4n) is 1.77. The van der Waals surface area contributed by atoms with Crippen molar-refractivity contribution in [2.45, 2.75) is 0 Å². The van der Waals surface area contributed by atoms with Crippen molar-refractivity contribution >= 4 is 5.96 Å². The van der Waals surface area contributed by atoms with Gasteiger partial charge < -0.3 is 10.2 Å². The van der Waals surface area contributed by atoms with Gasteiger partial charge in [0.2, 0.25) is 5.96 Å². The van der Waals surface area contributed by atoms with Crippen LogP contribution >= 0.6 is 0 Å². The van der Waals surface area contributed by atoms with E-state index < -0.39 is 0 Å². The van der Waals surface area contributed by atoms with Gasteiger partial charge in [0.1, 0.15) is 0 Å². The Balaban J connectivity index is 2.27. The van der Waals surface area contributed by atoms with Crippen LogP contribution in [0.2, 0.25) is 0 Å². The van der Waals surface area contributed by atoms with Crippen LogP contribution in [0.4, 0.5) is 0 Å². The van der Waals surface area contributed by atoms with Gasteiger partial charge in [-0.05, 0) is 18.2 Å². The maximum absolute atomic E-state index is 9.59. The number of rotatable bonds is 1. The van der Waals surface area contributed by atoms with Gasteiger partial charge in [-0.15, -0.1) is 0 Å². The Labute approximate surface area is 95.3 Å². The van der Waals surface area contributed by atoms with Crippen LogP contribution in [0, 0.1) is 5.41 Å². The molecule has 17 heavy (non-hydrogen) atoms. The summed E-state index contributed by atoms with van der Waals surface area (Å²) in [5.41, 5.74) is 0.567. The van der Waals surface area contributed by atoms with Crippen LogP contribution in [-0.4, -0.2) is 20.7 Å². The highest BCUT2D eigenvalue weighted by atomic mass is 16.3. The molecular weight excluding hydrogens is 220 g/mol. The molecule has 6 nitrogen and oxygen atoms in total. The Hall–Kier alpha value is -2.63. The molecule has 1 aliphatic heterocycles. The summed E-state index contributed by atoms with van der Waals surface area (Å²) in [5, 5.41) is 27.7. The minimum absolute atomic E-state index is 0.0434. The smallest absolute Gasteiger partial charge is 0.243 e. The maximum atomic E-state index is 9.59. The summed E-state index contributed by atoms with van der Waals surface area (Å²) in [6, 6.07) is 7.82. The van der Waals surface area contributed by atoms with Crippen molar-refractivity contribution in [3.63, 3.8) is 0 Å². The molecule has 84 valence electrons. The fraction of sp³-hybridized carbons (Fsp3) is 0. The van der Waals surface area contributed by atoms with Crippen LogP contribution in [-0.2, 0) is 0 Å². The summed E-state index contributed by atoms with van der Waals surface area (Å²) in [6.45, 7) is 0. The van der Waals surface area contributed by atoms with E-state index in [1.165, 1.54) is 16.7 Å². The van der Waals surface area contributed by atoms with E-state index in [4.69, 9.17) is 5.41 Å². The van der Waals surface area contributed by atoms with Gasteiger partial charge in [-0.2, -0.15) is 0 Å². The van der Waals surface area contributed by atoms with Crippen molar-refractivity contribution < 1.29 is 10.2 Å². The number of nitrogens with one attached hydrogen (secondary N) is 1. The third-order valence-corrected chi connectivity index (χ3v) is 2.51. The average molecular weight is 228 g/mol. The first kappa shape index (κ1) is 9.59. The van der Waals surface area contributed by atoms with Crippen LogP contribution in [0.15, 0.2) is 40.3 Å². The molecule has 1 aromatic carbocycles. The number of aromatic nitrogens is 1. The third kappa shape index (κ3) is 1.38. The van der Waals surface area contributed by atoms with E-state index >= 15 is 0 Å². The highest BCUT2D eigenvalue weighted by molar-refractivity contribution is 5.79. The number of hydrogen-bond donors (Lipinski definition) is 3. The summed E-state index contributed by atoms with van der Waals surface area (Å²) >= 11 is 0. The maximum Gasteiger partial charge on any atom is 0.243 e. The Morgan fingerprint density at radius 1 is 0.941 bits per heavy atom. The zero-order valence-electron chi connectivity index (χ0n) is 8.62. The van der Waals surface area contributed by atoms with Crippen LogP contribution < -0.4 is 10.7 Å². The van der Waals surface area contributed by atoms with Gasteiger partial charge in [0.15, 0.2) is 11.8 Å². The summed E-state index contributed by atoms with van der Waals surface area (Å²) in [5.74, 6) is -0.168. The SMILES string of the molecule is N=C1N=c2ccc(-n3c(O)ccc3O)cc2=N1. The van der Waals surface area contributed by atoms with E-state index in [-0.39, 0.29) is 17.7 Å². The largest absolute Gasteiger partial charge is 0.494 e. The van der Waals surface area contributed by atoms with Crippen molar-refractivity contribution in [3.8, 4) is 17.4 Å². The van der Waals surface area contributed by atoms with Crippen molar-refractivity contribution in [2.75, 3.05) is 0 Å². The Morgan fingerprint density at radius 2 is 1.59 bits per heavy atom. The second-order valence-corrected chi connectivity index (χ2v) is 3.61. The Morgan fingerprint density at radius 3 is 2.29 bits per heavy atom. The van der Waals surface area contributed by atoms with Gasteiger partial charge in [0, 0.05) is 12.1 Å². The second-order valence-electron chi connectivity index (χ2n) is 3.61. The van der Waals surface area contributed by atoms with Crippen LogP contribution in [0.25, 0.3) is 5.69 Å². The third-order valence-electron chi connectivity index (χ3n) is 2.51. The van der Waals surface area contributed by atoms with E-state index in [0.717, 1.165) is 0 Å². The second kappa shape index (κ2) is 3.18. The Bertz CT molecular complexity index is 726. The molecule has 1 aliphatic rings. The first-order valence-corrected chi connectivity index (χ1v) is 4.91. The summed E-state index contributed by atoms with van der Waals surface area (Å²) in [6.07, 6.45) is 0. The standard InChI is InChI=1S/C11H8N4O2/c12-11-13-7-2-1-6(5-8(7)14-11)15-9(16)3-4-10(15)17/h1-5,12,16-17H. The summed E-state index contributed by atoms with van der Waals surface area (Å²) in [4.78, 5) is 7.82. The highest BCUT2D eigenvalue weighted by Gasteiger charge is 2.09. The first-order chi connectivity index (χ1) is 8.15. The lowest BCUT2D eigenvalue weighted by atomic mass is 10.3. The molecular formula is C11H8N4O2. The molecule has 0 atom stereocenters. The van der Waals surface area contributed by atoms with Crippen LogP contribution in [0.5, 0.6) is 11.8 Å². The number of hydrogen-bond acceptors (Lipinski definition) is 3. The average Bonchev–Trinajstić information content (AvgIpc) is 2.80. The zero-order chi connectivity index (χ0) is 12.0. The molecule has 3 rings (SSSR count). The van der Waals surface area contributed by atoms with Gasteiger partial charge >= 0.3 is 0 Å². The zero-order valence-corrected chi connectivity index (χ0v) is 8.62. The van der Waals surface area contributed by atoms with Crippen molar-refractivity contribution in [2.24, 2.45) is 9.98 Å². The molecule has 0 fully saturated rings. The molecule has 2 aromatic rings. The quantitative estimate of drug-likeness (QED) is 0.644. The number of fused-ring (bicyclic) bond motifs is 1. The summed E-state index contributed by atoms with van der Waals surface area (Å²) < 4.78 is 1.28. The highest BCUT2D eigenvalue weighted by Crippen LogP contribution is 2.25. The monoisotopic (exact) mass is 228 g/mol. The predicted octanol–water partition coefficient (Wildman–Crippen LogP) is 0.0761. The molecule has 0 spiro atoms. The van der Waals surface area contributed by atoms with Gasteiger partial charge in [-0.25, -0.2) is 9.98 Å². The van der Waals surface area contributed by atoms with Gasteiger partial charge in [-0.1, -0.05) is 0 Å². The molecule has 0 radical (unpaired) electrons. The minimum Gasteiger partial charge on any atom is -0.494 e. The normalized spacial score (nSPS) is 13.1. The molecule has 0 aliphatic carbocycles.